The SMILES string of the molecule is CC.CCOc1cccc(N2CCNCC2)c1. The summed E-state index contributed by atoms with van der Waals surface area (Å²) in [6.45, 7) is 11.0. The summed E-state index contributed by atoms with van der Waals surface area (Å²) in [5.41, 5.74) is 1.27. The number of nitrogens with one attached hydrogen (secondary N) is 1. The van der Waals surface area contributed by atoms with Gasteiger partial charge in [0.25, 0.3) is 0 Å². The molecule has 0 saturated carbocycles. The second-order valence-electron chi connectivity index (χ2n) is 3.67. The average Bonchev–Trinajstić information content (AvgIpc) is 2.43. The fourth-order valence-electron chi connectivity index (χ4n) is 1.86. The summed E-state index contributed by atoms with van der Waals surface area (Å²) in [4.78, 5) is 2.39. The number of ether oxygens (including phenoxy) is 1. The van der Waals surface area contributed by atoms with Crippen molar-refractivity contribution in [2.24, 2.45) is 0 Å². The zero-order valence-electron chi connectivity index (χ0n) is 11.2. The molecule has 1 aromatic rings. The Morgan fingerprint density at radius 3 is 2.59 bits per heavy atom. The van der Waals surface area contributed by atoms with Crippen LogP contribution >= 0.6 is 0 Å². The van der Waals surface area contributed by atoms with Gasteiger partial charge in [-0.25, -0.2) is 0 Å². The molecule has 1 N–H and O–H groups in total. The largest absolute Gasteiger partial charge is 0.494 e. The molecule has 1 aliphatic heterocycles. The first kappa shape index (κ1) is 13.8. The van der Waals surface area contributed by atoms with E-state index in [4.69, 9.17) is 4.74 Å². The highest BCUT2D eigenvalue weighted by molar-refractivity contribution is 5.51. The lowest BCUT2D eigenvalue weighted by Gasteiger charge is -2.29. The molecule has 1 saturated heterocycles. The van der Waals surface area contributed by atoms with Gasteiger partial charge in [0.15, 0.2) is 0 Å². The predicted octanol–water partition coefficient (Wildman–Crippen LogP) is 2.52. The Hall–Kier alpha value is -1.22. The zero-order chi connectivity index (χ0) is 12.5. The first-order valence-electron chi connectivity index (χ1n) is 6.58. The van der Waals surface area contributed by atoms with Crippen LogP contribution in [0.15, 0.2) is 24.3 Å². The first-order valence-corrected chi connectivity index (χ1v) is 6.58. The monoisotopic (exact) mass is 236 g/mol. The zero-order valence-corrected chi connectivity index (χ0v) is 11.2. The quantitative estimate of drug-likeness (QED) is 0.872. The molecule has 0 unspecified atom stereocenters. The molecule has 3 heteroatoms. The summed E-state index contributed by atoms with van der Waals surface area (Å²) in [5, 5.41) is 3.35. The van der Waals surface area contributed by atoms with E-state index in [1.807, 2.05) is 26.8 Å². The summed E-state index contributed by atoms with van der Waals surface area (Å²) >= 11 is 0. The van der Waals surface area contributed by atoms with Crippen LogP contribution in [0, 0.1) is 0 Å². The minimum absolute atomic E-state index is 0.727. The Labute approximate surface area is 105 Å². The molecular formula is C14H24N2O. The van der Waals surface area contributed by atoms with E-state index >= 15 is 0 Å². The summed E-state index contributed by atoms with van der Waals surface area (Å²) < 4.78 is 5.50. The Morgan fingerprint density at radius 2 is 1.94 bits per heavy atom. The molecule has 0 bridgehead atoms. The minimum atomic E-state index is 0.727. The van der Waals surface area contributed by atoms with E-state index in [9.17, 15) is 0 Å². The van der Waals surface area contributed by atoms with Crippen molar-refractivity contribution in [1.29, 1.82) is 0 Å². The van der Waals surface area contributed by atoms with Crippen LogP contribution in [-0.4, -0.2) is 32.8 Å². The van der Waals surface area contributed by atoms with Crippen molar-refractivity contribution in [3.05, 3.63) is 24.3 Å². The maximum atomic E-state index is 5.50. The summed E-state index contributed by atoms with van der Waals surface area (Å²) in [6.07, 6.45) is 0. The third-order valence-electron chi connectivity index (χ3n) is 2.61. The molecule has 1 heterocycles. The molecular weight excluding hydrogens is 212 g/mol. The lowest BCUT2D eigenvalue weighted by atomic mass is 10.2. The fraction of sp³-hybridized carbons (Fsp3) is 0.571. The van der Waals surface area contributed by atoms with Crippen molar-refractivity contribution in [1.82, 2.24) is 5.32 Å². The third kappa shape index (κ3) is 4.27. The third-order valence-corrected chi connectivity index (χ3v) is 2.61. The van der Waals surface area contributed by atoms with Gasteiger partial charge < -0.3 is 15.0 Å². The van der Waals surface area contributed by atoms with Gasteiger partial charge in [0.05, 0.1) is 6.61 Å². The highest BCUT2D eigenvalue weighted by atomic mass is 16.5. The van der Waals surface area contributed by atoms with Crippen molar-refractivity contribution in [2.45, 2.75) is 20.8 Å². The molecule has 0 atom stereocenters. The van der Waals surface area contributed by atoms with Crippen LogP contribution in [0.4, 0.5) is 5.69 Å². The van der Waals surface area contributed by atoms with E-state index in [-0.39, 0.29) is 0 Å². The molecule has 1 aromatic carbocycles. The van der Waals surface area contributed by atoms with Gasteiger partial charge in [-0.2, -0.15) is 0 Å². The van der Waals surface area contributed by atoms with Crippen molar-refractivity contribution in [3.8, 4) is 5.75 Å². The van der Waals surface area contributed by atoms with E-state index in [2.05, 4.69) is 28.4 Å². The number of piperazine rings is 1. The van der Waals surface area contributed by atoms with E-state index in [1.165, 1.54) is 5.69 Å². The molecule has 96 valence electrons. The summed E-state index contributed by atoms with van der Waals surface area (Å²) in [7, 11) is 0. The number of anilines is 1. The second-order valence-corrected chi connectivity index (χ2v) is 3.67. The number of hydrogen-bond acceptors (Lipinski definition) is 3. The van der Waals surface area contributed by atoms with Gasteiger partial charge in [-0.15, -0.1) is 0 Å². The molecule has 0 aromatic heterocycles. The maximum Gasteiger partial charge on any atom is 0.121 e. The van der Waals surface area contributed by atoms with Crippen LogP contribution in [0.3, 0.4) is 0 Å². The Kier molecular flexibility index (Phi) is 6.48. The molecule has 17 heavy (non-hydrogen) atoms. The molecule has 3 nitrogen and oxygen atoms in total. The second kappa shape index (κ2) is 7.96. The van der Waals surface area contributed by atoms with Gasteiger partial charge >= 0.3 is 0 Å². The van der Waals surface area contributed by atoms with Crippen LogP contribution in [-0.2, 0) is 0 Å². The molecule has 1 aliphatic rings. The Balaban J connectivity index is 0.000000686. The van der Waals surface area contributed by atoms with Gasteiger partial charge in [-0.05, 0) is 19.1 Å². The van der Waals surface area contributed by atoms with Gasteiger partial charge in [-0.1, -0.05) is 19.9 Å². The van der Waals surface area contributed by atoms with E-state index < -0.39 is 0 Å². The Morgan fingerprint density at radius 1 is 1.24 bits per heavy atom. The number of nitrogens with zero attached hydrogens (tertiary/aromatic N) is 1. The van der Waals surface area contributed by atoms with E-state index in [0.717, 1.165) is 38.5 Å². The highest BCUT2D eigenvalue weighted by Crippen LogP contribution is 2.21. The summed E-state index contributed by atoms with van der Waals surface area (Å²) in [5.74, 6) is 0.966. The van der Waals surface area contributed by atoms with Crippen molar-refractivity contribution < 1.29 is 4.74 Å². The topological polar surface area (TPSA) is 24.5 Å². The van der Waals surface area contributed by atoms with E-state index in [1.54, 1.807) is 0 Å². The van der Waals surface area contributed by atoms with Crippen molar-refractivity contribution in [3.63, 3.8) is 0 Å². The Bertz CT molecular complexity index is 309. The lowest BCUT2D eigenvalue weighted by Crippen LogP contribution is -2.43. The van der Waals surface area contributed by atoms with Crippen molar-refractivity contribution in [2.75, 3.05) is 37.7 Å². The molecule has 0 radical (unpaired) electrons. The van der Waals surface area contributed by atoms with Crippen LogP contribution in [0.2, 0.25) is 0 Å². The number of hydrogen-bond donors (Lipinski definition) is 1. The maximum absolute atomic E-state index is 5.50. The van der Waals surface area contributed by atoms with Crippen LogP contribution in [0.25, 0.3) is 0 Å². The average molecular weight is 236 g/mol. The minimum Gasteiger partial charge on any atom is -0.494 e. The standard InChI is InChI=1S/C12H18N2O.C2H6/c1-2-15-12-5-3-4-11(10-12)14-8-6-13-7-9-14;1-2/h3-5,10,13H,2,6-9H2,1H3;1-2H3. The molecule has 0 aliphatic carbocycles. The van der Waals surface area contributed by atoms with Gasteiger partial charge in [0, 0.05) is 37.9 Å². The van der Waals surface area contributed by atoms with Gasteiger partial charge in [-0.3, -0.25) is 0 Å². The molecule has 1 fully saturated rings. The van der Waals surface area contributed by atoms with E-state index in [0.29, 0.717) is 0 Å². The number of benzene rings is 1. The smallest absolute Gasteiger partial charge is 0.121 e. The van der Waals surface area contributed by atoms with Gasteiger partial charge in [0.1, 0.15) is 5.75 Å². The van der Waals surface area contributed by atoms with Crippen molar-refractivity contribution >= 4 is 5.69 Å². The molecule has 0 amide bonds. The van der Waals surface area contributed by atoms with Crippen LogP contribution < -0.4 is 15.0 Å². The summed E-state index contributed by atoms with van der Waals surface area (Å²) in [6, 6.07) is 8.33. The predicted molar refractivity (Wildman–Crippen MR) is 74.0 cm³/mol. The first-order chi connectivity index (χ1) is 8.40. The fourth-order valence-corrected chi connectivity index (χ4v) is 1.86. The lowest BCUT2D eigenvalue weighted by molar-refractivity contribution is 0.340. The molecule has 0 spiro atoms. The highest BCUT2D eigenvalue weighted by Gasteiger charge is 2.10. The normalized spacial score (nSPS) is 14.9. The van der Waals surface area contributed by atoms with Crippen LogP contribution in [0.1, 0.15) is 20.8 Å². The van der Waals surface area contributed by atoms with Gasteiger partial charge in [0.2, 0.25) is 0 Å². The molecule has 2 rings (SSSR count). The number of rotatable bonds is 3. The van der Waals surface area contributed by atoms with Crippen LogP contribution in [0.5, 0.6) is 5.75 Å².